The fourth-order valence-corrected chi connectivity index (χ4v) is 1.78. The minimum Gasteiger partial charge on any atom is -0.466 e. The van der Waals surface area contributed by atoms with Crippen molar-refractivity contribution in [3.8, 4) is 0 Å². The number of rotatable bonds is 6. The fourth-order valence-electron chi connectivity index (χ4n) is 1.78. The number of carbonyl (C=O) groups excluding carboxylic acids is 1. The Balaban J connectivity index is 2.46. The molecule has 0 aromatic heterocycles. The smallest absolute Gasteiger partial charge is 0.305 e. The predicted octanol–water partition coefficient (Wildman–Crippen LogP) is 2.35. The molecule has 1 unspecified atom stereocenters. The Morgan fingerprint density at radius 2 is 2.22 bits per heavy atom. The summed E-state index contributed by atoms with van der Waals surface area (Å²) < 4.78 is 17.9. The van der Waals surface area contributed by atoms with Gasteiger partial charge in [0.05, 0.1) is 6.61 Å². The molecule has 0 saturated heterocycles. The lowest BCUT2D eigenvalue weighted by Gasteiger charge is -2.13. The average molecular weight is 253 g/mol. The topological polar surface area (TPSA) is 52.3 Å². The highest BCUT2D eigenvalue weighted by atomic mass is 19.1. The summed E-state index contributed by atoms with van der Waals surface area (Å²) in [7, 11) is 0. The van der Waals surface area contributed by atoms with E-state index in [2.05, 4.69) is 0 Å². The fraction of sp³-hybridized carbons (Fsp3) is 0.500. The van der Waals surface area contributed by atoms with Crippen molar-refractivity contribution in [3.05, 3.63) is 35.1 Å². The summed E-state index contributed by atoms with van der Waals surface area (Å²) in [6.45, 7) is 4.08. The standard InChI is InChI=1S/C14H20FNO2/c1-3-18-14(17)7-6-13(16)9-11-8-12(15)5-4-10(11)2/h4-5,8,13H,3,6-7,9,16H2,1-2H3. The molecule has 18 heavy (non-hydrogen) atoms. The lowest BCUT2D eigenvalue weighted by Crippen LogP contribution is -2.24. The van der Waals surface area contributed by atoms with E-state index in [1.807, 2.05) is 6.92 Å². The molecular formula is C14H20FNO2. The van der Waals surface area contributed by atoms with E-state index in [1.54, 1.807) is 13.0 Å². The first-order valence-corrected chi connectivity index (χ1v) is 6.19. The lowest BCUT2D eigenvalue weighted by molar-refractivity contribution is -0.143. The number of hydrogen-bond donors (Lipinski definition) is 1. The molecule has 0 radical (unpaired) electrons. The predicted molar refractivity (Wildman–Crippen MR) is 68.7 cm³/mol. The van der Waals surface area contributed by atoms with Gasteiger partial charge in [-0.25, -0.2) is 4.39 Å². The van der Waals surface area contributed by atoms with Gasteiger partial charge in [0.15, 0.2) is 0 Å². The van der Waals surface area contributed by atoms with Gasteiger partial charge in [-0.1, -0.05) is 6.07 Å². The van der Waals surface area contributed by atoms with Crippen molar-refractivity contribution < 1.29 is 13.9 Å². The number of ether oxygens (including phenoxy) is 1. The van der Waals surface area contributed by atoms with Crippen molar-refractivity contribution in [2.45, 2.75) is 39.2 Å². The molecule has 1 aromatic rings. The highest BCUT2D eigenvalue weighted by Gasteiger charge is 2.10. The maximum absolute atomic E-state index is 13.1. The van der Waals surface area contributed by atoms with Crippen LogP contribution in [-0.2, 0) is 16.0 Å². The largest absolute Gasteiger partial charge is 0.466 e. The molecule has 3 nitrogen and oxygen atoms in total. The first-order valence-electron chi connectivity index (χ1n) is 6.19. The normalized spacial score (nSPS) is 12.2. The monoisotopic (exact) mass is 253 g/mol. The molecule has 4 heteroatoms. The molecule has 1 rings (SSSR count). The van der Waals surface area contributed by atoms with Gasteiger partial charge < -0.3 is 10.5 Å². The third kappa shape index (κ3) is 4.84. The zero-order valence-electron chi connectivity index (χ0n) is 10.9. The number of aryl methyl sites for hydroxylation is 1. The van der Waals surface area contributed by atoms with Crippen molar-refractivity contribution in [2.24, 2.45) is 5.73 Å². The maximum Gasteiger partial charge on any atom is 0.305 e. The van der Waals surface area contributed by atoms with Crippen LogP contribution in [0.2, 0.25) is 0 Å². The molecule has 0 bridgehead atoms. The SMILES string of the molecule is CCOC(=O)CCC(N)Cc1cc(F)ccc1C. The van der Waals surface area contributed by atoms with Gasteiger partial charge in [-0.15, -0.1) is 0 Å². The van der Waals surface area contributed by atoms with Crippen molar-refractivity contribution in [1.29, 1.82) is 0 Å². The highest BCUT2D eigenvalue weighted by molar-refractivity contribution is 5.69. The van der Waals surface area contributed by atoms with Gasteiger partial charge in [-0.05, 0) is 49.9 Å². The van der Waals surface area contributed by atoms with Gasteiger partial charge in [0.25, 0.3) is 0 Å². The third-order valence-electron chi connectivity index (χ3n) is 2.82. The quantitative estimate of drug-likeness (QED) is 0.792. The van der Waals surface area contributed by atoms with E-state index in [0.717, 1.165) is 11.1 Å². The molecule has 1 aromatic carbocycles. The number of hydrogen-bond acceptors (Lipinski definition) is 3. The van der Waals surface area contributed by atoms with Crippen LogP contribution in [-0.4, -0.2) is 18.6 Å². The van der Waals surface area contributed by atoms with Crippen LogP contribution in [0.25, 0.3) is 0 Å². The minimum atomic E-state index is -0.256. The number of benzene rings is 1. The van der Waals surface area contributed by atoms with Crippen LogP contribution < -0.4 is 5.73 Å². The van der Waals surface area contributed by atoms with E-state index < -0.39 is 0 Å². The highest BCUT2D eigenvalue weighted by Crippen LogP contribution is 2.13. The molecule has 0 fully saturated rings. The van der Waals surface area contributed by atoms with Gasteiger partial charge in [0.2, 0.25) is 0 Å². The van der Waals surface area contributed by atoms with E-state index in [9.17, 15) is 9.18 Å². The maximum atomic E-state index is 13.1. The van der Waals surface area contributed by atoms with Crippen LogP contribution in [0.4, 0.5) is 4.39 Å². The van der Waals surface area contributed by atoms with Crippen molar-refractivity contribution in [1.82, 2.24) is 0 Å². The molecule has 1 atom stereocenters. The molecule has 0 amide bonds. The van der Waals surface area contributed by atoms with E-state index in [4.69, 9.17) is 10.5 Å². The van der Waals surface area contributed by atoms with E-state index in [-0.39, 0.29) is 17.8 Å². The van der Waals surface area contributed by atoms with Gasteiger partial charge in [-0.2, -0.15) is 0 Å². The second-order valence-electron chi connectivity index (χ2n) is 4.38. The van der Waals surface area contributed by atoms with Crippen LogP contribution in [0.1, 0.15) is 30.9 Å². The molecule has 0 aliphatic heterocycles. The lowest BCUT2D eigenvalue weighted by atomic mass is 9.99. The Labute approximate surface area is 107 Å². The van der Waals surface area contributed by atoms with Gasteiger partial charge in [0.1, 0.15) is 5.82 Å². The zero-order valence-corrected chi connectivity index (χ0v) is 10.9. The van der Waals surface area contributed by atoms with Crippen LogP contribution >= 0.6 is 0 Å². The Hall–Kier alpha value is -1.42. The van der Waals surface area contributed by atoms with E-state index in [0.29, 0.717) is 25.9 Å². The number of halogens is 1. The summed E-state index contributed by atoms with van der Waals surface area (Å²) in [6.07, 6.45) is 1.43. The second-order valence-corrected chi connectivity index (χ2v) is 4.38. The molecule has 0 heterocycles. The molecule has 0 saturated carbocycles. The van der Waals surface area contributed by atoms with E-state index in [1.165, 1.54) is 12.1 Å². The number of nitrogens with two attached hydrogens (primary N) is 1. The summed E-state index contributed by atoms with van der Waals surface area (Å²) in [6, 6.07) is 4.51. The molecule has 100 valence electrons. The van der Waals surface area contributed by atoms with Crippen LogP contribution in [0.3, 0.4) is 0 Å². The number of carbonyl (C=O) groups is 1. The first kappa shape index (κ1) is 14.6. The summed E-state index contributed by atoms with van der Waals surface area (Å²) in [4.78, 5) is 11.2. The van der Waals surface area contributed by atoms with Crippen molar-refractivity contribution >= 4 is 5.97 Å². The van der Waals surface area contributed by atoms with Crippen LogP contribution in [0, 0.1) is 12.7 Å². The minimum absolute atomic E-state index is 0.157. The Kier molecular flexibility index (Phi) is 5.78. The number of esters is 1. The molecule has 2 N–H and O–H groups in total. The Bertz CT molecular complexity index is 407. The van der Waals surface area contributed by atoms with Crippen molar-refractivity contribution in [3.63, 3.8) is 0 Å². The molecule has 0 aliphatic carbocycles. The summed E-state index contributed by atoms with van der Waals surface area (Å²) in [5.41, 5.74) is 7.85. The van der Waals surface area contributed by atoms with Gasteiger partial charge in [-0.3, -0.25) is 4.79 Å². The molecule has 0 aliphatic rings. The summed E-state index contributed by atoms with van der Waals surface area (Å²) in [5, 5.41) is 0. The van der Waals surface area contributed by atoms with Crippen LogP contribution in [0.15, 0.2) is 18.2 Å². The zero-order chi connectivity index (χ0) is 13.5. The van der Waals surface area contributed by atoms with Gasteiger partial charge >= 0.3 is 5.97 Å². The Morgan fingerprint density at radius 1 is 1.50 bits per heavy atom. The third-order valence-corrected chi connectivity index (χ3v) is 2.82. The molecule has 0 spiro atoms. The van der Waals surface area contributed by atoms with Gasteiger partial charge in [0, 0.05) is 12.5 Å². The van der Waals surface area contributed by atoms with Crippen LogP contribution in [0.5, 0.6) is 0 Å². The second kappa shape index (κ2) is 7.11. The summed E-state index contributed by atoms with van der Waals surface area (Å²) in [5.74, 6) is -0.489. The summed E-state index contributed by atoms with van der Waals surface area (Å²) >= 11 is 0. The molecular weight excluding hydrogens is 233 g/mol. The van der Waals surface area contributed by atoms with E-state index >= 15 is 0 Å². The Morgan fingerprint density at radius 3 is 2.89 bits per heavy atom. The average Bonchev–Trinajstić information content (AvgIpc) is 2.32. The first-order chi connectivity index (χ1) is 8.52. The van der Waals surface area contributed by atoms with Crippen molar-refractivity contribution in [2.75, 3.05) is 6.61 Å².